The smallest absolute Gasteiger partial charge is 0.348 e. The van der Waals surface area contributed by atoms with Crippen molar-refractivity contribution in [1.29, 1.82) is 0 Å². The Kier molecular flexibility index (Phi) is 9.92. The highest BCUT2D eigenvalue weighted by Crippen LogP contribution is 2.13. The number of hydrogen-bond donors (Lipinski definition) is 2. The Bertz CT molecular complexity index is 176. The quantitative estimate of drug-likeness (QED) is 0.702. The molecule has 0 heterocycles. The van der Waals surface area contributed by atoms with Crippen molar-refractivity contribution in [2.45, 2.75) is 31.9 Å². The third-order valence-electron chi connectivity index (χ3n) is 1.67. The minimum atomic E-state index is -4.77. The SMILES string of the molecule is Cl.NCCCCCCNC(=O)C(F)(F)F. The Hall–Kier alpha value is -0.490. The first-order valence-electron chi connectivity index (χ1n) is 4.53. The van der Waals surface area contributed by atoms with Crippen LogP contribution in [-0.4, -0.2) is 25.2 Å². The molecule has 3 nitrogen and oxygen atoms in total. The van der Waals surface area contributed by atoms with Crippen LogP contribution in [0.15, 0.2) is 0 Å². The maximum atomic E-state index is 11.7. The summed E-state index contributed by atoms with van der Waals surface area (Å²) in [4.78, 5) is 10.3. The Balaban J connectivity index is 0. The minimum Gasteiger partial charge on any atom is -0.348 e. The second kappa shape index (κ2) is 8.79. The molecule has 0 radical (unpaired) electrons. The van der Waals surface area contributed by atoms with Crippen molar-refractivity contribution in [1.82, 2.24) is 5.32 Å². The van der Waals surface area contributed by atoms with Crippen molar-refractivity contribution >= 4 is 18.3 Å². The fraction of sp³-hybridized carbons (Fsp3) is 0.875. The van der Waals surface area contributed by atoms with E-state index < -0.39 is 12.1 Å². The van der Waals surface area contributed by atoms with Crippen molar-refractivity contribution in [3.05, 3.63) is 0 Å². The molecule has 0 aromatic carbocycles. The summed E-state index contributed by atoms with van der Waals surface area (Å²) in [5.41, 5.74) is 5.23. The van der Waals surface area contributed by atoms with Crippen LogP contribution in [0.3, 0.4) is 0 Å². The van der Waals surface area contributed by atoms with E-state index in [4.69, 9.17) is 5.73 Å². The third kappa shape index (κ3) is 9.81. The molecule has 92 valence electrons. The monoisotopic (exact) mass is 248 g/mol. The number of carbonyl (C=O) groups excluding carboxylic acids is 1. The van der Waals surface area contributed by atoms with Crippen LogP contribution < -0.4 is 11.1 Å². The van der Waals surface area contributed by atoms with Crippen molar-refractivity contribution < 1.29 is 18.0 Å². The summed E-state index contributed by atoms with van der Waals surface area (Å²) in [5, 5.41) is 1.80. The van der Waals surface area contributed by atoms with Crippen LogP contribution in [0.5, 0.6) is 0 Å². The van der Waals surface area contributed by atoms with E-state index in [-0.39, 0.29) is 19.0 Å². The average molecular weight is 249 g/mol. The maximum absolute atomic E-state index is 11.7. The van der Waals surface area contributed by atoms with Crippen LogP contribution in [0.1, 0.15) is 25.7 Å². The second-order valence-corrected chi connectivity index (χ2v) is 2.96. The maximum Gasteiger partial charge on any atom is 0.471 e. The van der Waals surface area contributed by atoms with E-state index >= 15 is 0 Å². The number of carbonyl (C=O) groups is 1. The van der Waals surface area contributed by atoms with Gasteiger partial charge in [0.15, 0.2) is 0 Å². The predicted molar refractivity (Wildman–Crippen MR) is 53.8 cm³/mol. The summed E-state index contributed by atoms with van der Waals surface area (Å²) < 4.78 is 35.0. The van der Waals surface area contributed by atoms with Gasteiger partial charge >= 0.3 is 12.1 Å². The van der Waals surface area contributed by atoms with Gasteiger partial charge in [-0.3, -0.25) is 4.79 Å². The van der Waals surface area contributed by atoms with Crippen LogP contribution in [0.2, 0.25) is 0 Å². The zero-order valence-corrected chi connectivity index (χ0v) is 9.09. The first kappa shape index (κ1) is 16.9. The molecule has 0 spiro atoms. The number of alkyl halides is 3. The number of rotatable bonds is 6. The van der Waals surface area contributed by atoms with Gasteiger partial charge in [0.05, 0.1) is 0 Å². The van der Waals surface area contributed by atoms with Crippen molar-refractivity contribution in [2.75, 3.05) is 13.1 Å². The number of hydrogen-bond acceptors (Lipinski definition) is 2. The molecule has 7 heteroatoms. The number of nitrogens with one attached hydrogen (secondary N) is 1. The van der Waals surface area contributed by atoms with Gasteiger partial charge in [-0.05, 0) is 19.4 Å². The number of nitrogens with two attached hydrogens (primary N) is 1. The zero-order chi connectivity index (χ0) is 11.0. The van der Waals surface area contributed by atoms with E-state index in [2.05, 4.69) is 0 Å². The largest absolute Gasteiger partial charge is 0.471 e. The van der Waals surface area contributed by atoms with E-state index in [1.807, 2.05) is 0 Å². The normalized spacial score (nSPS) is 10.7. The summed E-state index contributed by atoms with van der Waals surface area (Å²) in [6, 6.07) is 0. The van der Waals surface area contributed by atoms with Gasteiger partial charge in [-0.1, -0.05) is 12.8 Å². The van der Waals surface area contributed by atoms with Crippen LogP contribution in [0, 0.1) is 0 Å². The highest BCUT2D eigenvalue weighted by molar-refractivity contribution is 5.85. The van der Waals surface area contributed by atoms with Gasteiger partial charge in [-0.15, -0.1) is 12.4 Å². The van der Waals surface area contributed by atoms with E-state index in [0.29, 0.717) is 13.0 Å². The van der Waals surface area contributed by atoms with E-state index in [9.17, 15) is 18.0 Å². The topological polar surface area (TPSA) is 55.1 Å². The summed E-state index contributed by atoms with van der Waals surface area (Å²) in [6.07, 6.45) is -1.67. The van der Waals surface area contributed by atoms with Crippen molar-refractivity contribution in [2.24, 2.45) is 5.73 Å². The Labute approximate surface area is 93.0 Å². The van der Waals surface area contributed by atoms with E-state index in [1.54, 1.807) is 5.32 Å². The first-order chi connectivity index (χ1) is 6.48. The molecular weight excluding hydrogens is 233 g/mol. The molecule has 0 bridgehead atoms. The molecule has 0 rings (SSSR count). The predicted octanol–water partition coefficient (Wildman–Crippen LogP) is 1.61. The van der Waals surface area contributed by atoms with Gasteiger partial charge in [-0.25, -0.2) is 0 Å². The lowest BCUT2D eigenvalue weighted by atomic mass is 10.2. The number of amides is 1. The molecule has 0 aliphatic heterocycles. The van der Waals surface area contributed by atoms with Gasteiger partial charge in [0.2, 0.25) is 0 Å². The Morgan fingerprint density at radius 1 is 1.13 bits per heavy atom. The molecular formula is C8H16ClF3N2O. The summed E-state index contributed by atoms with van der Waals surface area (Å²) >= 11 is 0. The minimum absolute atomic E-state index is 0. The summed E-state index contributed by atoms with van der Waals surface area (Å²) in [7, 11) is 0. The molecule has 1 amide bonds. The Morgan fingerprint density at radius 2 is 1.67 bits per heavy atom. The summed E-state index contributed by atoms with van der Waals surface area (Å²) in [5.74, 6) is -1.86. The van der Waals surface area contributed by atoms with Crippen LogP contribution in [0.25, 0.3) is 0 Å². The van der Waals surface area contributed by atoms with Gasteiger partial charge in [-0.2, -0.15) is 13.2 Å². The lowest BCUT2D eigenvalue weighted by Gasteiger charge is -2.07. The summed E-state index contributed by atoms with van der Waals surface area (Å²) in [6.45, 7) is 0.665. The molecule has 0 atom stereocenters. The number of unbranched alkanes of at least 4 members (excludes halogenated alkanes) is 3. The fourth-order valence-electron chi connectivity index (χ4n) is 0.925. The molecule has 0 saturated heterocycles. The third-order valence-corrected chi connectivity index (χ3v) is 1.67. The molecule has 3 N–H and O–H groups in total. The highest BCUT2D eigenvalue weighted by atomic mass is 35.5. The lowest BCUT2D eigenvalue weighted by molar-refractivity contribution is -0.173. The second-order valence-electron chi connectivity index (χ2n) is 2.96. The van der Waals surface area contributed by atoms with Gasteiger partial charge in [0.25, 0.3) is 0 Å². The van der Waals surface area contributed by atoms with Gasteiger partial charge in [0.1, 0.15) is 0 Å². The Morgan fingerprint density at radius 3 is 2.13 bits per heavy atom. The molecule has 0 saturated carbocycles. The van der Waals surface area contributed by atoms with Gasteiger partial charge in [0, 0.05) is 6.54 Å². The van der Waals surface area contributed by atoms with E-state index in [0.717, 1.165) is 19.3 Å². The molecule has 0 unspecified atom stereocenters. The van der Waals surface area contributed by atoms with Crippen LogP contribution in [0.4, 0.5) is 13.2 Å². The van der Waals surface area contributed by atoms with Crippen molar-refractivity contribution in [3.63, 3.8) is 0 Å². The molecule has 0 aromatic rings. The highest BCUT2D eigenvalue weighted by Gasteiger charge is 2.37. The first-order valence-corrected chi connectivity index (χ1v) is 4.53. The fourth-order valence-corrected chi connectivity index (χ4v) is 0.925. The molecule has 0 aromatic heterocycles. The average Bonchev–Trinajstić information content (AvgIpc) is 2.09. The van der Waals surface area contributed by atoms with Crippen LogP contribution in [-0.2, 0) is 4.79 Å². The van der Waals surface area contributed by atoms with Gasteiger partial charge < -0.3 is 11.1 Å². The van der Waals surface area contributed by atoms with Crippen molar-refractivity contribution in [3.8, 4) is 0 Å². The zero-order valence-electron chi connectivity index (χ0n) is 8.27. The van der Waals surface area contributed by atoms with Crippen LogP contribution >= 0.6 is 12.4 Å². The molecule has 0 aliphatic rings. The number of halogens is 4. The molecule has 0 aliphatic carbocycles. The molecule has 0 fully saturated rings. The molecule has 15 heavy (non-hydrogen) atoms. The lowest BCUT2D eigenvalue weighted by Crippen LogP contribution is -2.37. The van der Waals surface area contributed by atoms with E-state index in [1.165, 1.54) is 0 Å². The standard InChI is InChI=1S/C8H15F3N2O.ClH/c9-8(10,11)7(14)13-6-4-2-1-3-5-12;/h1-6,12H2,(H,13,14);1H.